The number of nitrogens with one attached hydrogen (secondary N) is 1. The van der Waals surface area contributed by atoms with Crippen LogP contribution in [0.3, 0.4) is 0 Å². The lowest BCUT2D eigenvalue weighted by atomic mass is 10.2. The second-order valence-electron chi connectivity index (χ2n) is 4.22. The molecule has 21 heavy (non-hydrogen) atoms. The fourth-order valence-corrected chi connectivity index (χ4v) is 1.47. The van der Waals surface area contributed by atoms with E-state index in [4.69, 9.17) is 16.3 Å². The van der Waals surface area contributed by atoms with Crippen molar-refractivity contribution in [3.63, 3.8) is 0 Å². The van der Waals surface area contributed by atoms with Gasteiger partial charge in [0.1, 0.15) is 12.4 Å². The summed E-state index contributed by atoms with van der Waals surface area (Å²) < 4.78 is 44.9. The van der Waals surface area contributed by atoms with Gasteiger partial charge in [-0.2, -0.15) is 13.2 Å². The number of carbonyl (C=O) groups is 1. The van der Waals surface area contributed by atoms with Crippen LogP contribution in [0.1, 0.15) is 5.56 Å². The van der Waals surface area contributed by atoms with Crippen LogP contribution in [-0.4, -0.2) is 38.4 Å². The van der Waals surface area contributed by atoms with Crippen LogP contribution < -0.4 is 10.1 Å². The minimum atomic E-state index is -4.36. The Morgan fingerprint density at radius 1 is 1.38 bits per heavy atom. The van der Waals surface area contributed by atoms with Gasteiger partial charge in [-0.15, -0.1) is 0 Å². The Labute approximate surface area is 125 Å². The van der Waals surface area contributed by atoms with Crippen molar-refractivity contribution in [3.8, 4) is 5.75 Å². The van der Waals surface area contributed by atoms with Gasteiger partial charge in [-0.25, -0.2) is 0 Å². The van der Waals surface area contributed by atoms with Gasteiger partial charge in [-0.1, -0.05) is 11.6 Å². The molecule has 1 amide bonds. The molecule has 0 spiro atoms. The summed E-state index contributed by atoms with van der Waals surface area (Å²) in [6.07, 6.45) is -4.36. The lowest BCUT2D eigenvalue weighted by Gasteiger charge is -2.10. The molecule has 1 rings (SSSR count). The third-order valence-electron chi connectivity index (χ3n) is 2.33. The van der Waals surface area contributed by atoms with Crippen LogP contribution in [0.25, 0.3) is 0 Å². The van der Waals surface area contributed by atoms with Crippen LogP contribution in [0.15, 0.2) is 18.2 Å². The van der Waals surface area contributed by atoms with Crippen molar-refractivity contribution in [2.75, 3.05) is 26.4 Å². The zero-order valence-corrected chi connectivity index (χ0v) is 12.1. The Morgan fingerprint density at radius 3 is 2.71 bits per heavy atom. The molecule has 8 heteroatoms. The van der Waals surface area contributed by atoms with Crippen molar-refractivity contribution < 1.29 is 27.4 Å². The standard InChI is InChI=1S/C13H15ClF3NO3/c1-9-6-10(2-3-11(9)14)21-7-12(19)18-4-5-20-8-13(15,16)17/h2-3,6H,4-5,7-8H2,1H3,(H,18,19). The molecule has 0 aliphatic rings. The van der Waals surface area contributed by atoms with E-state index in [2.05, 4.69) is 10.1 Å². The van der Waals surface area contributed by atoms with E-state index < -0.39 is 18.7 Å². The number of benzene rings is 1. The Bertz CT molecular complexity index is 480. The molecule has 0 atom stereocenters. The number of halogens is 4. The van der Waals surface area contributed by atoms with Crippen LogP contribution in [0, 0.1) is 6.92 Å². The van der Waals surface area contributed by atoms with Crippen molar-refractivity contribution in [1.29, 1.82) is 0 Å². The molecule has 1 aromatic rings. The molecule has 1 N–H and O–H groups in total. The van der Waals surface area contributed by atoms with Crippen LogP contribution in [0.2, 0.25) is 5.02 Å². The number of ether oxygens (including phenoxy) is 2. The van der Waals surface area contributed by atoms with E-state index in [1.165, 1.54) is 0 Å². The summed E-state index contributed by atoms with van der Waals surface area (Å²) in [5.74, 6) is 0.0404. The number of amides is 1. The third kappa shape index (κ3) is 7.77. The molecule has 4 nitrogen and oxygen atoms in total. The van der Waals surface area contributed by atoms with Gasteiger partial charge >= 0.3 is 6.18 Å². The molecule has 118 valence electrons. The summed E-state index contributed by atoms with van der Waals surface area (Å²) in [5.41, 5.74) is 0.815. The molecule has 0 bridgehead atoms. The highest BCUT2D eigenvalue weighted by atomic mass is 35.5. The van der Waals surface area contributed by atoms with E-state index in [1.807, 2.05) is 0 Å². The lowest BCUT2D eigenvalue weighted by molar-refractivity contribution is -0.173. The number of hydrogen-bond donors (Lipinski definition) is 1. The van der Waals surface area contributed by atoms with E-state index in [-0.39, 0.29) is 19.8 Å². The maximum atomic E-state index is 11.8. The molecule has 0 radical (unpaired) electrons. The number of alkyl halides is 3. The number of hydrogen-bond acceptors (Lipinski definition) is 3. The van der Waals surface area contributed by atoms with Crippen molar-refractivity contribution in [1.82, 2.24) is 5.32 Å². The molecule has 0 saturated heterocycles. The van der Waals surface area contributed by atoms with E-state index in [0.717, 1.165) is 5.56 Å². The first-order valence-electron chi connectivity index (χ1n) is 6.08. The lowest BCUT2D eigenvalue weighted by Crippen LogP contribution is -2.32. The number of carbonyl (C=O) groups excluding carboxylic acids is 1. The highest BCUT2D eigenvalue weighted by Crippen LogP contribution is 2.20. The summed E-state index contributed by atoms with van der Waals surface area (Å²) in [5, 5.41) is 2.97. The molecule has 0 aliphatic heterocycles. The van der Waals surface area contributed by atoms with Gasteiger partial charge in [0.05, 0.1) is 6.61 Å². The van der Waals surface area contributed by atoms with Crippen LogP contribution in [0.5, 0.6) is 5.75 Å². The van der Waals surface area contributed by atoms with Gasteiger partial charge in [0.2, 0.25) is 0 Å². The highest BCUT2D eigenvalue weighted by Gasteiger charge is 2.27. The number of aryl methyl sites for hydroxylation is 1. The Hall–Kier alpha value is -1.47. The van der Waals surface area contributed by atoms with E-state index in [9.17, 15) is 18.0 Å². The molecule has 1 aromatic carbocycles. The molecular formula is C13H15ClF3NO3. The summed E-state index contributed by atoms with van der Waals surface area (Å²) in [6, 6.07) is 4.95. The first-order chi connectivity index (χ1) is 9.78. The second-order valence-corrected chi connectivity index (χ2v) is 4.62. The average molecular weight is 326 g/mol. The predicted molar refractivity (Wildman–Crippen MR) is 71.6 cm³/mol. The van der Waals surface area contributed by atoms with Crippen LogP contribution >= 0.6 is 11.6 Å². The quantitative estimate of drug-likeness (QED) is 0.784. The fraction of sp³-hybridized carbons (Fsp3) is 0.462. The van der Waals surface area contributed by atoms with Gasteiger partial charge in [0.15, 0.2) is 6.61 Å². The van der Waals surface area contributed by atoms with Gasteiger partial charge in [-0.05, 0) is 30.7 Å². The predicted octanol–water partition coefficient (Wildman–Crippen LogP) is 2.72. The van der Waals surface area contributed by atoms with Gasteiger partial charge in [-0.3, -0.25) is 4.79 Å². The first-order valence-corrected chi connectivity index (χ1v) is 6.46. The third-order valence-corrected chi connectivity index (χ3v) is 2.76. The molecule has 0 unspecified atom stereocenters. The topological polar surface area (TPSA) is 47.6 Å². The summed E-state index contributed by atoms with van der Waals surface area (Å²) in [6.45, 7) is 0.000239. The average Bonchev–Trinajstić information content (AvgIpc) is 2.38. The van der Waals surface area contributed by atoms with Crippen molar-refractivity contribution in [2.24, 2.45) is 0 Å². The zero-order valence-electron chi connectivity index (χ0n) is 11.3. The molecular weight excluding hydrogens is 311 g/mol. The SMILES string of the molecule is Cc1cc(OCC(=O)NCCOCC(F)(F)F)ccc1Cl. The molecule has 0 aromatic heterocycles. The van der Waals surface area contributed by atoms with E-state index >= 15 is 0 Å². The fourth-order valence-electron chi connectivity index (χ4n) is 1.36. The van der Waals surface area contributed by atoms with Gasteiger partial charge < -0.3 is 14.8 Å². The maximum absolute atomic E-state index is 11.8. The van der Waals surface area contributed by atoms with Crippen LogP contribution in [-0.2, 0) is 9.53 Å². The monoisotopic (exact) mass is 325 g/mol. The minimum absolute atomic E-state index is 0.0160. The molecule has 0 aliphatic carbocycles. The largest absolute Gasteiger partial charge is 0.484 e. The van der Waals surface area contributed by atoms with E-state index in [0.29, 0.717) is 10.8 Å². The molecule has 0 fully saturated rings. The van der Waals surface area contributed by atoms with Gasteiger partial charge in [0.25, 0.3) is 5.91 Å². The Morgan fingerprint density at radius 2 is 2.10 bits per heavy atom. The highest BCUT2D eigenvalue weighted by molar-refractivity contribution is 6.31. The smallest absolute Gasteiger partial charge is 0.411 e. The minimum Gasteiger partial charge on any atom is -0.484 e. The summed E-state index contributed by atoms with van der Waals surface area (Å²) in [7, 11) is 0. The molecule has 0 heterocycles. The summed E-state index contributed by atoms with van der Waals surface area (Å²) in [4.78, 5) is 11.4. The normalized spacial score (nSPS) is 11.3. The Kier molecular flexibility index (Phi) is 6.77. The van der Waals surface area contributed by atoms with E-state index in [1.54, 1.807) is 25.1 Å². The number of rotatable bonds is 7. The Balaban J connectivity index is 2.18. The van der Waals surface area contributed by atoms with Crippen molar-refractivity contribution >= 4 is 17.5 Å². The first kappa shape index (κ1) is 17.6. The molecule has 0 saturated carbocycles. The van der Waals surface area contributed by atoms with Crippen molar-refractivity contribution in [3.05, 3.63) is 28.8 Å². The van der Waals surface area contributed by atoms with Crippen molar-refractivity contribution in [2.45, 2.75) is 13.1 Å². The maximum Gasteiger partial charge on any atom is 0.411 e. The van der Waals surface area contributed by atoms with Crippen LogP contribution in [0.4, 0.5) is 13.2 Å². The van der Waals surface area contributed by atoms with Gasteiger partial charge in [0, 0.05) is 11.6 Å². The zero-order chi connectivity index (χ0) is 15.9. The summed E-state index contributed by atoms with van der Waals surface area (Å²) >= 11 is 5.84. The second kappa shape index (κ2) is 8.09.